The zero-order chi connectivity index (χ0) is 17.1. The van der Waals surface area contributed by atoms with Crippen molar-refractivity contribution in [2.75, 3.05) is 0 Å². The number of hydrogen-bond donors (Lipinski definition) is 1. The number of aryl methyl sites for hydroxylation is 1. The van der Waals surface area contributed by atoms with E-state index in [1.807, 2.05) is 0 Å². The second-order valence-electron chi connectivity index (χ2n) is 7.69. The zero-order valence-corrected chi connectivity index (χ0v) is 15.7. The molecule has 0 unspecified atom stereocenters. The smallest absolute Gasteiger partial charge is 0.0455 e. The Bertz CT molecular complexity index is 658. The van der Waals surface area contributed by atoms with Gasteiger partial charge in [0, 0.05) is 29.7 Å². The lowest BCUT2D eigenvalue weighted by molar-refractivity contribution is 0.372. The van der Waals surface area contributed by atoms with Crippen molar-refractivity contribution in [3.05, 3.63) is 52.8 Å². The second kappa shape index (κ2) is 7.57. The maximum absolute atomic E-state index is 3.78. The van der Waals surface area contributed by atoms with Crippen molar-refractivity contribution in [3.63, 3.8) is 0 Å². The van der Waals surface area contributed by atoms with Gasteiger partial charge < -0.3 is 9.88 Å². The van der Waals surface area contributed by atoms with Gasteiger partial charge in [-0.3, -0.25) is 0 Å². The third kappa shape index (κ3) is 3.75. The van der Waals surface area contributed by atoms with Crippen LogP contribution >= 0.6 is 0 Å². The zero-order valence-electron chi connectivity index (χ0n) is 15.7. The highest BCUT2D eigenvalue weighted by atomic mass is 15.0. The van der Waals surface area contributed by atoms with Crippen LogP contribution in [0.2, 0.25) is 0 Å². The summed E-state index contributed by atoms with van der Waals surface area (Å²) in [6.07, 6.45) is 6.88. The molecule has 1 N–H and O–H groups in total. The lowest BCUT2D eigenvalue weighted by atomic mass is 9.95. The van der Waals surface area contributed by atoms with Gasteiger partial charge in [0.15, 0.2) is 0 Å². The molecule has 0 amide bonds. The van der Waals surface area contributed by atoms with Crippen molar-refractivity contribution in [1.29, 1.82) is 0 Å². The van der Waals surface area contributed by atoms with E-state index in [4.69, 9.17) is 0 Å². The van der Waals surface area contributed by atoms with Crippen LogP contribution in [0, 0.1) is 13.8 Å². The number of nitrogens with one attached hydrogen (secondary N) is 1. The van der Waals surface area contributed by atoms with Crippen LogP contribution in [0.15, 0.2) is 30.3 Å². The van der Waals surface area contributed by atoms with E-state index in [9.17, 15) is 0 Å². The van der Waals surface area contributed by atoms with Gasteiger partial charge in [-0.2, -0.15) is 0 Å². The van der Waals surface area contributed by atoms with E-state index >= 15 is 0 Å². The average molecular weight is 325 g/mol. The minimum atomic E-state index is 0.584. The predicted octanol–water partition coefficient (Wildman–Crippen LogP) is 5.64. The Morgan fingerprint density at radius 1 is 1.04 bits per heavy atom. The van der Waals surface area contributed by atoms with Crippen molar-refractivity contribution in [3.8, 4) is 5.69 Å². The summed E-state index contributed by atoms with van der Waals surface area (Å²) in [5.74, 6) is 0.584. The predicted molar refractivity (Wildman–Crippen MR) is 103 cm³/mol. The Morgan fingerprint density at radius 2 is 1.71 bits per heavy atom. The summed E-state index contributed by atoms with van der Waals surface area (Å²) in [5, 5.41) is 3.78. The Balaban J connectivity index is 1.75. The van der Waals surface area contributed by atoms with Crippen molar-refractivity contribution in [2.45, 2.75) is 78.3 Å². The van der Waals surface area contributed by atoms with Gasteiger partial charge in [0.05, 0.1) is 0 Å². The summed E-state index contributed by atoms with van der Waals surface area (Å²) in [6, 6.07) is 12.1. The van der Waals surface area contributed by atoms with Crippen LogP contribution in [0.1, 0.15) is 74.4 Å². The molecule has 1 fully saturated rings. The van der Waals surface area contributed by atoms with Crippen LogP contribution < -0.4 is 5.32 Å². The first kappa shape index (κ1) is 17.3. The third-order valence-electron chi connectivity index (χ3n) is 5.54. The topological polar surface area (TPSA) is 17.0 Å². The van der Waals surface area contributed by atoms with Crippen LogP contribution in [-0.2, 0) is 6.54 Å². The molecule has 2 nitrogen and oxygen atoms in total. The maximum Gasteiger partial charge on any atom is 0.0455 e. The maximum atomic E-state index is 3.78. The first-order valence-electron chi connectivity index (χ1n) is 9.58. The summed E-state index contributed by atoms with van der Waals surface area (Å²) in [7, 11) is 0. The molecule has 130 valence electrons. The van der Waals surface area contributed by atoms with Gasteiger partial charge in [0.25, 0.3) is 0 Å². The standard InChI is InChI=1S/C22H32N2/c1-16(2)19-10-12-22(13-11-19)24-17(3)14-20(18(24)4)15-23-21-8-6-5-7-9-21/h10-14,16,21,23H,5-9,15H2,1-4H3. The Kier molecular flexibility index (Phi) is 5.45. The van der Waals surface area contributed by atoms with Crippen molar-refractivity contribution >= 4 is 0 Å². The van der Waals surface area contributed by atoms with Crippen molar-refractivity contribution in [1.82, 2.24) is 9.88 Å². The van der Waals surface area contributed by atoms with Gasteiger partial charge in [-0.05, 0) is 61.9 Å². The van der Waals surface area contributed by atoms with E-state index in [2.05, 4.69) is 67.9 Å². The fourth-order valence-corrected chi connectivity index (χ4v) is 3.97. The highest BCUT2D eigenvalue weighted by Crippen LogP contribution is 2.24. The summed E-state index contributed by atoms with van der Waals surface area (Å²) in [4.78, 5) is 0. The molecule has 1 aliphatic carbocycles. The molecule has 0 saturated heterocycles. The van der Waals surface area contributed by atoms with E-state index in [1.165, 1.54) is 60.3 Å². The Labute approximate surface area is 147 Å². The molecule has 0 aliphatic heterocycles. The van der Waals surface area contributed by atoms with Gasteiger partial charge >= 0.3 is 0 Å². The molecule has 3 rings (SSSR count). The number of aromatic nitrogens is 1. The van der Waals surface area contributed by atoms with E-state index < -0.39 is 0 Å². The van der Waals surface area contributed by atoms with E-state index in [1.54, 1.807) is 0 Å². The minimum Gasteiger partial charge on any atom is -0.318 e. The molecule has 24 heavy (non-hydrogen) atoms. The normalized spacial score (nSPS) is 16.0. The first-order chi connectivity index (χ1) is 11.6. The number of hydrogen-bond acceptors (Lipinski definition) is 1. The van der Waals surface area contributed by atoms with Gasteiger partial charge in [-0.25, -0.2) is 0 Å². The fourth-order valence-electron chi connectivity index (χ4n) is 3.97. The second-order valence-corrected chi connectivity index (χ2v) is 7.69. The fraction of sp³-hybridized carbons (Fsp3) is 0.545. The molecule has 1 aromatic carbocycles. The quantitative estimate of drug-likeness (QED) is 0.753. The molecule has 0 spiro atoms. The van der Waals surface area contributed by atoms with E-state index in [-0.39, 0.29) is 0 Å². The summed E-state index contributed by atoms with van der Waals surface area (Å²) < 4.78 is 2.39. The van der Waals surface area contributed by atoms with Gasteiger partial charge in [0.1, 0.15) is 0 Å². The lowest BCUT2D eigenvalue weighted by Crippen LogP contribution is -2.30. The molecular weight excluding hydrogens is 292 g/mol. The third-order valence-corrected chi connectivity index (χ3v) is 5.54. The molecule has 0 atom stereocenters. The van der Waals surface area contributed by atoms with Crippen LogP contribution in [0.5, 0.6) is 0 Å². The molecular formula is C22H32N2. The van der Waals surface area contributed by atoms with Crippen molar-refractivity contribution in [2.24, 2.45) is 0 Å². The van der Waals surface area contributed by atoms with Crippen LogP contribution in [-0.4, -0.2) is 10.6 Å². The summed E-state index contributed by atoms with van der Waals surface area (Å²) >= 11 is 0. The molecule has 0 radical (unpaired) electrons. The van der Waals surface area contributed by atoms with Crippen LogP contribution in [0.4, 0.5) is 0 Å². The molecule has 1 aromatic heterocycles. The summed E-state index contributed by atoms with van der Waals surface area (Å²) in [5.41, 5.74) is 6.81. The molecule has 2 heteroatoms. The number of nitrogens with zero attached hydrogens (tertiary/aromatic N) is 1. The average Bonchev–Trinajstić information content (AvgIpc) is 2.88. The first-order valence-corrected chi connectivity index (χ1v) is 9.58. The summed E-state index contributed by atoms with van der Waals surface area (Å²) in [6.45, 7) is 9.95. The molecule has 2 aromatic rings. The molecule has 1 heterocycles. The van der Waals surface area contributed by atoms with Crippen LogP contribution in [0.3, 0.4) is 0 Å². The molecule has 1 saturated carbocycles. The van der Waals surface area contributed by atoms with Gasteiger partial charge in [-0.1, -0.05) is 45.2 Å². The number of rotatable bonds is 5. The van der Waals surface area contributed by atoms with Gasteiger partial charge in [-0.15, -0.1) is 0 Å². The largest absolute Gasteiger partial charge is 0.318 e. The van der Waals surface area contributed by atoms with E-state index in [0.717, 1.165) is 6.54 Å². The Hall–Kier alpha value is -1.54. The van der Waals surface area contributed by atoms with Crippen molar-refractivity contribution < 1.29 is 0 Å². The Morgan fingerprint density at radius 3 is 2.33 bits per heavy atom. The van der Waals surface area contributed by atoms with Crippen LogP contribution in [0.25, 0.3) is 5.69 Å². The minimum absolute atomic E-state index is 0.584. The lowest BCUT2D eigenvalue weighted by Gasteiger charge is -2.22. The number of benzene rings is 1. The monoisotopic (exact) mass is 324 g/mol. The molecule has 1 aliphatic rings. The highest BCUT2D eigenvalue weighted by Gasteiger charge is 2.15. The van der Waals surface area contributed by atoms with Gasteiger partial charge in [0.2, 0.25) is 0 Å². The highest BCUT2D eigenvalue weighted by molar-refractivity contribution is 5.42. The SMILES string of the molecule is Cc1cc(CNC2CCCCC2)c(C)n1-c1ccc(C(C)C)cc1. The molecule has 0 bridgehead atoms. The van der Waals surface area contributed by atoms with E-state index in [0.29, 0.717) is 12.0 Å².